The lowest BCUT2D eigenvalue weighted by Gasteiger charge is -2.09. The normalized spacial score (nSPS) is 10.6. The van der Waals surface area contributed by atoms with E-state index >= 15 is 0 Å². The number of halogens is 3. The minimum atomic E-state index is -0.608. The smallest absolute Gasteiger partial charge is 0.126 e. The zero-order chi connectivity index (χ0) is 14.5. The molecule has 0 heterocycles. The van der Waals surface area contributed by atoms with Crippen LogP contribution >= 0.6 is 15.9 Å². The minimum absolute atomic E-state index is 0.110. The van der Waals surface area contributed by atoms with E-state index in [1.54, 1.807) is 6.07 Å². The second-order valence-corrected chi connectivity index (χ2v) is 5.21. The van der Waals surface area contributed by atoms with Gasteiger partial charge in [-0.2, -0.15) is 0 Å². The molecule has 2 rings (SSSR count). The summed E-state index contributed by atoms with van der Waals surface area (Å²) in [5.74, 6) is -0.576. The predicted molar refractivity (Wildman–Crippen MR) is 77.6 cm³/mol. The van der Waals surface area contributed by atoms with Crippen molar-refractivity contribution in [3.63, 3.8) is 0 Å². The Hall–Kier alpha value is -1.46. The van der Waals surface area contributed by atoms with Crippen molar-refractivity contribution in [1.29, 1.82) is 0 Å². The Bertz CT molecular complexity index is 584. The molecule has 0 aromatic heterocycles. The lowest BCUT2D eigenvalue weighted by molar-refractivity contribution is 0.304. The summed E-state index contributed by atoms with van der Waals surface area (Å²) in [6.07, 6.45) is 0.729. The predicted octanol–water partition coefficient (Wildman–Crippen LogP) is 3.81. The molecule has 20 heavy (non-hydrogen) atoms. The van der Waals surface area contributed by atoms with E-state index in [1.807, 2.05) is 12.1 Å². The van der Waals surface area contributed by atoms with Gasteiger partial charge in [0, 0.05) is 10.5 Å². The van der Waals surface area contributed by atoms with E-state index in [-0.39, 0.29) is 6.61 Å². The van der Waals surface area contributed by atoms with Crippen LogP contribution in [0.2, 0.25) is 0 Å². The molecule has 2 aromatic carbocycles. The zero-order valence-electron chi connectivity index (χ0n) is 10.7. The molecule has 0 aliphatic carbocycles. The fraction of sp³-hybridized carbons (Fsp3) is 0.200. The molecule has 0 fully saturated rings. The molecule has 0 aliphatic rings. The van der Waals surface area contributed by atoms with E-state index < -0.39 is 11.6 Å². The lowest BCUT2D eigenvalue weighted by Crippen LogP contribution is -2.04. The van der Waals surface area contributed by atoms with Crippen LogP contribution in [0.1, 0.15) is 11.1 Å². The van der Waals surface area contributed by atoms with Crippen molar-refractivity contribution in [2.75, 3.05) is 6.54 Å². The summed E-state index contributed by atoms with van der Waals surface area (Å²) >= 11 is 3.44. The van der Waals surface area contributed by atoms with Gasteiger partial charge in [0.05, 0.1) is 0 Å². The van der Waals surface area contributed by atoms with Gasteiger partial charge < -0.3 is 10.5 Å². The average Bonchev–Trinajstić information content (AvgIpc) is 2.39. The third-order valence-electron chi connectivity index (χ3n) is 2.76. The molecule has 2 N–H and O–H groups in total. The molecule has 2 nitrogen and oxygen atoms in total. The number of hydrogen-bond donors (Lipinski definition) is 1. The quantitative estimate of drug-likeness (QED) is 0.897. The van der Waals surface area contributed by atoms with E-state index in [1.165, 1.54) is 12.1 Å². The molecule has 2 aromatic rings. The monoisotopic (exact) mass is 341 g/mol. The van der Waals surface area contributed by atoms with Crippen LogP contribution in [0.25, 0.3) is 0 Å². The fourth-order valence-electron chi connectivity index (χ4n) is 1.85. The van der Waals surface area contributed by atoms with Gasteiger partial charge in [-0.1, -0.05) is 15.9 Å². The Balaban J connectivity index is 2.08. The Kier molecular flexibility index (Phi) is 5.09. The summed E-state index contributed by atoms with van der Waals surface area (Å²) in [4.78, 5) is 0. The van der Waals surface area contributed by atoms with Gasteiger partial charge in [-0.15, -0.1) is 0 Å². The molecule has 106 valence electrons. The number of rotatable bonds is 5. The molecule has 0 amide bonds. The summed E-state index contributed by atoms with van der Waals surface area (Å²) in [6, 6.07) is 8.87. The first kappa shape index (κ1) is 14.9. The van der Waals surface area contributed by atoms with Crippen LogP contribution in [-0.2, 0) is 13.0 Å². The highest BCUT2D eigenvalue weighted by atomic mass is 79.9. The summed E-state index contributed by atoms with van der Waals surface area (Å²) < 4.78 is 32.6. The van der Waals surface area contributed by atoms with Crippen molar-refractivity contribution < 1.29 is 13.5 Å². The molecule has 5 heteroatoms. The van der Waals surface area contributed by atoms with E-state index in [4.69, 9.17) is 10.5 Å². The van der Waals surface area contributed by atoms with Gasteiger partial charge in [-0.3, -0.25) is 0 Å². The standard InChI is InChI=1S/C15H14BrF2NO/c16-15-2-1-14(7-11(15)3-4-19)20-9-10-5-12(17)8-13(18)6-10/h1-2,5-8H,3-4,9,19H2. The van der Waals surface area contributed by atoms with Crippen molar-refractivity contribution in [1.82, 2.24) is 0 Å². The van der Waals surface area contributed by atoms with E-state index in [2.05, 4.69) is 15.9 Å². The van der Waals surface area contributed by atoms with Gasteiger partial charge >= 0.3 is 0 Å². The van der Waals surface area contributed by atoms with E-state index in [0.29, 0.717) is 17.9 Å². The highest BCUT2D eigenvalue weighted by Crippen LogP contribution is 2.23. The molecule has 0 radical (unpaired) electrons. The van der Waals surface area contributed by atoms with Crippen LogP contribution in [0.5, 0.6) is 5.75 Å². The van der Waals surface area contributed by atoms with Crippen molar-refractivity contribution in [2.45, 2.75) is 13.0 Å². The average molecular weight is 342 g/mol. The maximum absolute atomic E-state index is 13.1. The summed E-state index contributed by atoms with van der Waals surface area (Å²) in [5.41, 5.74) is 7.02. The Morgan fingerprint density at radius 2 is 1.75 bits per heavy atom. The zero-order valence-corrected chi connectivity index (χ0v) is 12.3. The molecule has 0 spiro atoms. The molecular weight excluding hydrogens is 328 g/mol. The molecule has 0 atom stereocenters. The minimum Gasteiger partial charge on any atom is -0.489 e. The molecule has 0 saturated heterocycles. The van der Waals surface area contributed by atoms with Crippen molar-refractivity contribution in [3.8, 4) is 5.75 Å². The summed E-state index contributed by atoms with van der Waals surface area (Å²) in [6.45, 7) is 0.648. The first-order valence-electron chi connectivity index (χ1n) is 6.15. The second kappa shape index (κ2) is 6.81. The van der Waals surface area contributed by atoms with Crippen LogP contribution < -0.4 is 10.5 Å². The van der Waals surface area contributed by atoms with E-state index in [9.17, 15) is 8.78 Å². The number of benzene rings is 2. The van der Waals surface area contributed by atoms with Gasteiger partial charge in [0.15, 0.2) is 0 Å². The van der Waals surface area contributed by atoms with Crippen LogP contribution in [0, 0.1) is 11.6 Å². The SMILES string of the molecule is NCCc1cc(OCc2cc(F)cc(F)c2)ccc1Br. The fourth-order valence-corrected chi connectivity index (χ4v) is 2.29. The highest BCUT2D eigenvalue weighted by molar-refractivity contribution is 9.10. The second-order valence-electron chi connectivity index (χ2n) is 4.36. The van der Waals surface area contributed by atoms with Gasteiger partial charge in [0.25, 0.3) is 0 Å². The third-order valence-corrected chi connectivity index (χ3v) is 3.53. The maximum Gasteiger partial charge on any atom is 0.126 e. The van der Waals surface area contributed by atoms with Crippen molar-refractivity contribution in [3.05, 3.63) is 63.6 Å². The summed E-state index contributed by atoms with van der Waals surface area (Å²) in [5, 5.41) is 0. The summed E-state index contributed by atoms with van der Waals surface area (Å²) in [7, 11) is 0. The van der Waals surface area contributed by atoms with Crippen LogP contribution in [0.3, 0.4) is 0 Å². The first-order valence-corrected chi connectivity index (χ1v) is 6.94. The lowest BCUT2D eigenvalue weighted by atomic mass is 10.1. The van der Waals surface area contributed by atoms with Gasteiger partial charge in [0.2, 0.25) is 0 Å². The van der Waals surface area contributed by atoms with Gasteiger partial charge in [0.1, 0.15) is 24.0 Å². The van der Waals surface area contributed by atoms with E-state index in [0.717, 1.165) is 22.5 Å². The number of ether oxygens (including phenoxy) is 1. The molecule has 0 bridgehead atoms. The Morgan fingerprint density at radius 1 is 1.05 bits per heavy atom. The largest absolute Gasteiger partial charge is 0.489 e. The Labute approximate surface area is 124 Å². The van der Waals surface area contributed by atoms with Crippen molar-refractivity contribution in [2.24, 2.45) is 5.73 Å². The number of nitrogens with two attached hydrogens (primary N) is 1. The topological polar surface area (TPSA) is 35.2 Å². The molecule has 0 aliphatic heterocycles. The Morgan fingerprint density at radius 3 is 2.40 bits per heavy atom. The van der Waals surface area contributed by atoms with Crippen molar-refractivity contribution >= 4 is 15.9 Å². The number of hydrogen-bond acceptors (Lipinski definition) is 2. The highest BCUT2D eigenvalue weighted by Gasteiger charge is 2.04. The van der Waals surface area contributed by atoms with Crippen LogP contribution in [0.4, 0.5) is 8.78 Å². The van der Waals surface area contributed by atoms with Crippen LogP contribution in [0.15, 0.2) is 40.9 Å². The molecule has 0 unspecified atom stereocenters. The maximum atomic E-state index is 13.1. The third kappa shape index (κ3) is 4.02. The molecular formula is C15H14BrF2NO. The van der Waals surface area contributed by atoms with Crippen LogP contribution in [-0.4, -0.2) is 6.54 Å². The first-order chi connectivity index (χ1) is 9.58. The van der Waals surface area contributed by atoms with Gasteiger partial charge in [-0.05, 0) is 54.4 Å². The van der Waals surface area contributed by atoms with Gasteiger partial charge in [-0.25, -0.2) is 8.78 Å². The molecule has 0 saturated carbocycles.